The summed E-state index contributed by atoms with van der Waals surface area (Å²) in [6, 6.07) is 9.30. The summed E-state index contributed by atoms with van der Waals surface area (Å²) in [5, 5.41) is 1.95. The molecular formula is C26H32N2O8. The molecule has 0 spiro atoms. The maximum absolute atomic E-state index is 11.2. The number of amides is 2. The first-order valence-electron chi connectivity index (χ1n) is 11.3. The summed E-state index contributed by atoms with van der Waals surface area (Å²) >= 11 is 0. The van der Waals surface area contributed by atoms with Crippen molar-refractivity contribution < 1.29 is 37.4 Å². The Balaban J connectivity index is 0.00000106. The lowest BCUT2D eigenvalue weighted by atomic mass is 10.1. The molecule has 2 amide bonds. The van der Waals surface area contributed by atoms with Crippen LogP contribution in [0.2, 0.25) is 0 Å². The van der Waals surface area contributed by atoms with Crippen molar-refractivity contribution in [3.8, 4) is 23.1 Å². The van der Waals surface area contributed by atoms with Crippen molar-refractivity contribution in [1.29, 1.82) is 0 Å². The van der Waals surface area contributed by atoms with E-state index in [9.17, 15) is 9.59 Å². The van der Waals surface area contributed by atoms with Crippen LogP contribution in [-0.2, 0) is 27.3 Å². The van der Waals surface area contributed by atoms with Gasteiger partial charge in [-0.05, 0) is 62.9 Å². The average molecular weight is 501 g/mol. The fourth-order valence-corrected chi connectivity index (χ4v) is 3.12. The number of hydrogen-bond donors (Lipinski definition) is 1. The molecule has 3 rings (SSSR count). The number of hydrogen-bond acceptors (Lipinski definition) is 9. The molecule has 3 aromatic rings. The quantitative estimate of drug-likeness (QED) is 0.264. The number of rotatable bonds is 12. The zero-order chi connectivity index (χ0) is 26.3. The number of oxazole rings is 1. The number of benzene rings is 1. The molecule has 0 bridgehead atoms. The third kappa shape index (κ3) is 8.86. The third-order valence-electron chi connectivity index (χ3n) is 4.94. The van der Waals surface area contributed by atoms with Crippen molar-refractivity contribution in [1.82, 2.24) is 10.3 Å². The molecule has 0 saturated carbocycles. The summed E-state index contributed by atoms with van der Waals surface area (Å²) in [7, 11) is 3.15. The molecular weight excluding hydrogens is 468 g/mol. The Morgan fingerprint density at radius 1 is 1.25 bits per heavy atom. The van der Waals surface area contributed by atoms with Gasteiger partial charge in [0.05, 0.1) is 26.7 Å². The first kappa shape index (κ1) is 28.0. The van der Waals surface area contributed by atoms with E-state index in [4.69, 9.17) is 23.0 Å². The number of nitrogens with one attached hydrogen (secondary N) is 1. The van der Waals surface area contributed by atoms with Gasteiger partial charge in [0.2, 0.25) is 6.41 Å². The molecule has 36 heavy (non-hydrogen) atoms. The molecule has 1 N–H and O–H groups in total. The SMILES string of the molecule is C=COC.COc1cc(CCCC(C)OC(=O)NC=O)ccc1OCc1nc(-c2ccco2)oc1C. The van der Waals surface area contributed by atoms with Gasteiger partial charge in [-0.25, -0.2) is 9.78 Å². The Labute approximate surface area is 210 Å². The van der Waals surface area contributed by atoms with E-state index < -0.39 is 6.09 Å². The highest BCUT2D eigenvalue weighted by atomic mass is 16.6. The number of methoxy groups -OCH3 is 2. The Morgan fingerprint density at radius 3 is 2.67 bits per heavy atom. The predicted molar refractivity (Wildman–Crippen MR) is 132 cm³/mol. The van der Waals surface area contributed by atoms with Gasteiger partial charge in [0, 0.05) is 0 Å². The van der Waals surface area contributed by atoms with Crippen molar-refractivity contribution in [2.24, 2.45) is 0 Å². The Bertz CT molecular complexity index is 1090. The van der Waals surface area contributed by atoms with Crippen LogP contribution in [0.15, 0.2) is 58.3 Å². The van der Waals surface area contributed by atoms with E-state index in [1.165, 1.54) is 6.26 Å². The molecule has 0 aliphatic heterocycles. The maximum atomic E-state index is 11.2. The van der Waals surface area contributed by atoms with Gasteiger partial charge in [0.25, 0.3) is 5.89 Å². The molecule has 0 radical (unpaired) electrons. The molecule has 1 unspecified atom stereocenters. The normalized spacial score (nSPS) is 10.9. The first-order valence-corrected chi connectivity index (χ1v) is 11.3. The molecule has 2 aromatic heterocycles. The van der Waals surface area contributed by atoms with Crippen molar-refractivity contribution in [2.75, 3.05) is 14.2 Å². The second-order valence-corrected chi connectivity index (χ2v) is 7.55. The van der Waals surface area contributed by atoms with Crippen molar-refractivity contribution in [2.45, 2.75) is 45.8 Å². The number of carbonyl (C=O) groups is 2. The van der Waals surface area contributed by atoms with Crippen LogP contribution in [0.5, 0.6) is 11.5 Å². The largest absolute Gasteiger partial charge is 0.505 e. The zero-order valence-corrected chi connectivity index (χ0v) is 20.9. The summed E-state index contributed by atoms with van der Waals surface area (Å²) in [6.07, 6.45) is 4.44. The second kappa shape index (κ2) is 14.9. The summed E-state index contributed by atoms with van der Waals surface area (Å²) in [5.74, 6) is 2.84. The number of aryl methyl sites for hydroxylation is 2. The molecule has 1 atom stereocenters. The number of aromatic nitrogens is 1. The van der Waals surface area contributed by atoms with Crippen LogP contribution in [0.4, 0.5) is 4.79 Å². The van der Waals surface area contributed by atoms with Gasteiger partial charge in [-0.3, -0.25) is 10.1 Å². The van der Waals surface area contributed by atoms with Gasteiger partial charge in [0.15, 0.2) is 17.3 Å². The first-order chi connectivity index (χ1) is 17.4. The zero-order valence-electron chi connectivity index (χ0n) is 20.9. The Hall–Kier alpha value is -4.21. The van der Waals surface area contributed by atoms with Crippen LogP contribution >= 0.6 is 0 Å². The fourth-order valence-electron chi connectivity index (χ4n) is 3.12. The van der Waals surface area contributed by atoms with Gasteiger partial charge in [-0.1, -0.05) is 12.6 Å². The van der Waals surface area contributed by atoms with E-state index in [2.05, 4.69) is 16.3 Å². The van der Waals surface area contributed by atoms with E-state index in [1.54, 1.807) is 39.5 Å². The minimum Gasteiger partial charge on any atom is -0.505 e. The van der Waals surface area contributed by atoms with E-state index in [-0.39, 0.29) is 12.7 Å². The average Bonchev–Trinajstić information content (AvgIpc) is 3.53. The highest BCUT2D eigenvalue weighted by molar-refractivity contribution is 5.79. The molecule has 0 aliphatic carbocycles. The van der Waals surface area contributed by atoms with Crippen LogP contribution in [-0.4, -0.2) is 37.8 Å². The summed E-state index contributed by atoms with van der Waals surface area (Å²) in [5.41, 5.74) is 1.74. The molecule has 1 aromatic carbocycles. The van der Waals surface area contributed by atoms with Crippen LogP contribution in [0.25, 0.3) is 11.7 Å². The standard InChI is InChI=1S/C23H26N2O7.C3H6O/c1-15(31-23(27)24-14-26)6-4-7-17-9-10-19(21(12-17)28-3)30-13-18-16(2)32-22(25-18)20-8-5-11-29-20;1-3-4-2/h5,8-12,14-15H,4,6-7,13H2,1-3H3,(H,24,26,27);3H,1H2,2H3. The monoisotopic (exact) mass is 500 g/mol. The van der Waals surface area contributed by atoms with Crippen molar-refractivity contribution in [3.63, 3.8) is 0 Å². The lowest BCUT2D eigenvalue weighted by Gasteiger charge is -2.13. The van der Waals surface area contributed by atoms with Gasteiger partial charge in [-0.15, -0.1) is 0 Å². The topological polar surface area (TPSA) is 122 Å². The van der Waals surface area contributed by atoms with E-state index >= 15 is 0 Å². The van der Waals surface area contributed by atoms with Gasteiger partial charge in [0.1, 0.15) is 24.2 Å². The predicted octanol–water partition coefficient (Wildman–Crippen LogP) is 5.20. The lowest BCUT2D eigenvalue weighted by molar-refractivity contribution is -0.109. The maximum Gasteiger partial charge on any atom is 0.413 e. The van der Waals surface area contributed by atoms with E-state index in [1.807, 2.05) is 30.4 Å². The highest BCUT2D eigenvalue weighted by Gasteiger charge is 2.15. The molecule has 0 fully saturated rings. The van der Waals surface area contributed by atoms with E-state index in [0.717, 1.165) is 18.4 Å². The minimum atomic E-state index is -0.741. The summed E-state index contributed by atoms with van der Waals surface area (Å²) in [6.45, 7) is 7.09. The minimum absolute atomic E-state index is 0.226. The number of furan rings is 1. The molecule has 10 nitrogen and oxygen atoms in total. The van der Waals surface area contributed by atoms with Crippen LogP contribution in [0, 0.1) is 6.92 Å². The van der Waals surface area contributed by atoms with Crippen molar-refractivity contribution in [3.05, 3.63) is 66.5 Å². The number of ether oxygens (including phenoxy) is 4. The van der Waals surface area contributed by atoms with Gasteiger partial charge < -0.3 is 27.8 Å². The summed E-state index contributed by atoms with van der Waals surface area (Å²) in [4.78, 5) is 25.9. The molecule has 0 saturated heterocycles. The number of alkyl carbamates (subject to hydrolysis) is 1. The molecule has 0 aliphatic rings. The third-order valence-corrected chi connectivity index (χ3v) is 4.94. The highest BCUT2D eigenvalue weighted by Crippen LogP contribution is 2.30. The Morgan fingerprint density at radius 2 is 2.03 bits per heavy atom. The number of nitrogens with zero attached hydrogens (tertiary/aromatic N) is 1. The van der Waals surface area contributed by atoms with Crippen LogP contribution in [0.1, 0.15) is 36.8 Å². The fraction of sp³-hybridized carbons (Fsp3) is 0.346. The van der Waals surface area contributed by atoms with Crippen LogP contribution in [0.3, 0.4) is 0 Å². The summed E-state index contributed by atoms with van der Waals surface area (Å²) < 4.78 is 31.7. The molecule has 10 heteroatoms. The van der Waals surface area contributed by atoms with E-state index in [0.29, 0.717) is 47.4 Å². The molecule has 194 valence electrons. The lowest BCUT2D eigenvalue weighted by Crippen LogP contribution is -2.26. The van der Waals surface area contributed by atoms with Crippen LogP contribution < -0.4 is 14.8 Å². The number of imide groups is 1. The van der Waals surface area contributed by atoms with Gasteiger partial charge in [-0.2, -0.15) is 0 Å². The number of carbonyl (C=O) groups excluding carboxylic acids is 2. The van der Waals surface area contributed by atoms with Gasteiger partial charge >= 0.3 is 6.09 Å². The van der Waals surface area contributed by atoms with Crippen molar-refractivity contribution >= 4 is 12.5 Å². The smallest absolute Gasteiger partial charge is 0.413 e. The Kier molecular flexibility index (Phi) is 11.6. The molecule has 2 heterocycles. The second-order valence-electron chi connectivity index (χ2n) is 7.55.